The number of aromatic nitrogens is 2. The van der Waals surface area contributed by atoms with Crippen LogP contribution in [0.4, 0.5) is 4.79 Å². The maximum atomic E-state index is 12.8. The number of hydrogen-bond donors (Lipinski definition) is 1. The summed E-state index contributed by atoms with van der Waals surface area (Å²) in [6, 6.07) is 8.34. The van der Waals surface area contributed by atoms with Gasteiger partial charge in [-0.3, -0.25) is 19.7 Å². The van der Waals surface area contributed by atoms with E-state index < -0.39 is 6.09 Å². The van der Waals surface area contributed by atoms with Crippen molar-refractivity contribution < 1.29 is 14.3 Å². The summed E-state index contributed by atoms with van der Waals surface area (Å²) in [4.78, 5) is 38.1. The molecule has 0 bridgehead atoms. The zero-order valence-corrected chi connectivity index (χ0v) is 21.1. The molecular formula is C27H37N5O3. The van der Waals surface area contributed by atoms with Crippen LogP contribution in [0.3, 0.4) is 0 Å². The van der Waals surface area contributed by atoms with Crippen LogP contribution in [0.1, 0.15) is 58.1 Å². The molecule has 0 unspecified atom stereocenters. The molecule has 188 valence electrons. The van der Waals surface area contributed by atoms with E-state index in [1.54, 1.807) is 12.1 Å². The number of carbonyl (C=O) groups excluding carboxylic acids is 2. The first-order valence-electron chi connectivity index (χ1n) is 12.9. The Morgan fingerprint density at radius 1 is 1.03 bits per heavy atom. The molecule has 2 aliphatic rings. The third kappa shape index (κ3) is 6.36. The molecule has 8 heteroatoms. The van der Waals surface area contributed by atoms with E-state index in [1.165, 1.54) is 19.9 Å². The highest BCUT2D eigenvalue weighted by atomic mass is 16.5. The Morgan fingerprint density at radius 2 is 1.69 bits per heavy atom. The Labute approximate surface area is 208 Å². The zero-order valence-electron chi connectivity index (χ0n) is 21.1. The second-order valence-electron chi connectivity index (χ2n) is 9.53. The minimum atomic E-state index is -0.495. The predicted molar refractivity (Wildman–Crippen MR) is 135 cm³/mol. The van der Waals surface area contributed by atoms with Crippen molar-refractivity contribution in [3.8, 4) is 17.0 Å². The largest absolute Gasteiger partial charge is 0.412 e. The smallest absolute Gasteiger partial charge is 0.410 e. The third-order valence-electron chi connectivity index (χ3n) is 7.21. The van der Waals surface area contributed by atoms with E-state index in [4.69, 9.17) is 9.72 Å². The molecule has 35 heavy (non-hydrogen) atoms. The van der Waals surface area contributed by atoms with Crippen molar-refractivity contribution in [1.82, 2.24) is 25.1 Å². The van der Waals surface area contributed by atoms with Crippen LogP contribution < -0.4 is 10.1 Å². The van der Waals surface area contributed by atoms with Crippen molar-refractivity contribution in [2.75, 3.05) is 20.1 Å². The number of nitrogens with zero attached hydrogens (tertiary/aromatic N) is 4. The van der Waals surface area contributed by atoms with Gasteiger partial charge in [0.05, 0.1) is 23.8 Å². The van der Waals surface area contributed by atoms with Gasteiger partial charge < -0.3 is 15.0 Å². The number of likely N-dealkylation sites (tertiary alicyclic amines) is 1. The summed E-state index contributed by atoms with van der Waals surface area (Å²) in [5.74, 6) is 0.978. The molecule has 0 atom stereocenters. The first-order chi connectivity index (χ1) is 17.0. The second kappa shape index (κ2) is 11.6. The number of carbonyl (C=O) groups is 2. The van der Waals surface area contributed by atoms with Crippen molar-refractivity contribution in [2.45, 2.75) is 71.0 Å². The van der Waals surface area contributed by atoms with Crippen LogP contribution in [0.15, 0.2) is 36.7 Å². The van der Waals surface area contributed by atoms with Crippen LogP contribution in [0.5, 0.6) is 5.75 Å². The summed E-state index contributed by atoms with van der Waals surface area (Å²) < 4.78 is 5.13. The maximum absolute atomic E-state index is 12.8. The normalized spacial score (nSPS) is 16.5. The molecular weight excluding hydrogens is 442 g/mol. The highest BCUT2D eigenvalue weighted by Crippen LogP contribution is 2.33. The summed E-state index contributed by atoms with van der Waals surface area (Å²) in [6.07, 6.45) is 9.56. The minimum absolute atomic E-state index is 0.166. The molecule has 2 heterocycles. The van der Waals surface area contributed by atoms with E-state index in [-0.39, 0.29) is 5.92 Å². The average Bonchev–Trinajstić information content (AvgIpc) is 3.74. The number of ether oxygens (including phenoxy) is 1. The van der Waals surface area contributed by atoms with Gasteiger partial charge in [0.25, 0.3) is 0 Å². The van der Waals surface area contributed by atoms with Gasteiger partial charge in [-0.1, -0.05) is 13.8 Å². The quantitative estimate of drug-likeness (QED) is 0.578. The Kier molecular flexibility index (Phi) is 8.33. The fourth-order valence-electron chi connectivity index (χ4n) is 4.90. The Hall–Kier alpha value is -3.00. The van der Waals surface area contributed by atoms with E-state index in [9.17, 15) is 9.59 Å². The Bertz CT molecular complexity index is 979. The van der Waals surface area contributed by atoms with Crippen molar-refractivity contribution in [1.29, 1.82) is 0 Å². The summed E-state index contributed by atoms with van der Waals surface area (Å²) in [5, 5.41) is 2.43. The van der Waals surface area contributed by atoms with Gasteiger partial charge in [0.2, 0.25) is 5.91 Å². The standard InChI is InChI=1S/C27H37N5O3/c1-4-19(5-2)26(33)31-14-12-23(13-15-31)32(22-8-9-22)18-21-16-30-25(17-29-21)20-6-10-24(11-7-20)35-27(34)28-3/h6-7,10-11,16-17,19,22-23H,4-5,8-9,12-15,18H2,1-3H3,(H,28,34). The number of hydrogen-bond acceptors (Lipinski definition) is 6. The number of rotatable bonds is 9. The molecule has 1 saturated carbocycles. The SMILES string of the molecule is CCC(CC)C(=O)N1CCC(N(Cc2cnc(-c3ccc(OC(=O)NC)cc3)cn2)C2CC2)CC1. The molecule has 1 aromatic carbocycles. The Morgan fingerprint density at radius 3 is 2.23 bits per heavy atom. The van der Waals surface area contributed by atoms with Crippen LogP contribution in [0.2, 0.25) is 0 Å². The fourth-order valence-corrected chi connectivity index (χ4v) is 4.90. The first-order valence-corrected chi connectivity index (χ1v) is 12.9. The number of nitrogens with one attached hydrogen (secondary N) is 1. The minimum Gasteiger partial charge on any atom is -0.410 e. The van der Waals surface area contributed by atoms with E-state index in [0.29, 0.717) is 23.7 Å². The highest BCUT2D eigenvalue weighted by molar-refractivity contribution is 5.78. The number of benzene rings is 1. The van der Waals surface area contributed by atoms with Gasteiger partial charge in [-0.2, -0.15) is 0 Å². The Balaban J connectivity index is 1.35. The maximum Gasteiger partial charge on any atom is 0.412 e. The number of piperidine rings is 1. The molecule has 2 amide bonds. The highest BCUT2D eigenvalue weighted by Gasteiger charge is 2.36. The van der Waals surface area contributed by atoms with Gasteiger partial charge in [0.15, 0.2) is 0 Å². The average molecular weight is 480 g/mol. The monoisotopic (exact) mass is 479 g/mol. The lowest BCUT2D eigenvalue weighted by Crippen LogP contribution is -2.48. The summed E-state index contributed by atoms with van der Waals surface area (Å²) in [6.45, 7) is 6.72. The van der Waals surface area contributed by atoms with Crippen LogP contribution >= 0.6 is 0 Å². The molecule has 1 aliphatic heterocycles. The van der Waals surface area contributed by atoms with Crippen LogP contribution in [-0.2, 0) is 11.3 Å². The second-order valence-corrected chi connectivity index (χ2v) is 9.53. The lowest BCUT2D eigenvalue weighted by Gasteiger charge is -2.39. The molecule has 1 N–H and O–H groups in total. The molecule has 0 radical (unpaired) electrons. The molecule has 1 aliphatic carbocycles. The topological polar surface area (TPSA) is 87.7 Å². The summed E-state index contributed by atoms with van der Waals surface area (Å²) in [5.41, 5.74) is 2.67. The molecule has 0 spiro atoms. The van der Waals surface area contributed by atoms with E-state index >= 15 is 0 Å². The van der Waals surface area contributed by atoms with Gasteiger partial charge >= 0.3 is 6.09 Å². The van der Waals surface area contributed by atoms with Crippen molar-refractivity contribution in [3.63, 3.8) is 0 Å². The molecule has 4 rings (SSSR count). The molecule has 1 aromatic heterocycles. The van der Waals surface area contributed by atoms with Gasteiger partial charge in [-0.05, 0) is 62.8 Å². The third-order valence-corrected chi connectivity index (χ3v) is 7.21. The van der Waals surface area contributed by atoms with E-state index in [0.717, 1.165) is 62.3 Å². The van der Waals surface area contributed by atoms with Crippen molar-refractivity contribution in [2.24, 2.45) is 5.92 Å². The predicted octanol–water partition coefficient (Wildman–Crippen LogP) is 4.25. The van der Waals surface area contributed by atoms with Gasteiger partial charge in [-0.25, -0.2) is 4.79 Å². The lowest BCUT2D eigenvalue weighted by molar-refractivity contribution is -0.137. The number of amides is 2. The van der Waals surface area contributed by atoms with Gasteiger partial charge in [0.1, 0.15) is 5.75 Å². The van der Waals surface area contributed by atoms with Gasteiger partial charge in [0, 0.05) is 50.2 Å². The molecule has 8 nitrogen and oxygen atoms in total. The van der Waals surface area contributed by atoms with Crippen LogP contribution in [0, 0.1) is 5.92 Å². The van der Waals surface area contributed by atoms with Crippen LogP contribution in [-0.4, -0.2) is 64.0 Å². The molecule has 1 saturated heterocycles. The summed E-state index contributed by atoms with van der Waals surface area (Å²) in [7, 11) is 1.53. The lowest BCUT2D eigenvalue weighted by atomic mass is 9.97. The summed E-state index contributed by atoms with van der Waals surface area (Å²) >= 11 is 0. The van der Waals surface area contributed by atoms with Gasteiger partial charge in [-0.15, -0.1) is 0 Å². The first kappa shape index (κ1) is 25.1. The molecule has 2 fully saturated rings. The van der Waals surface area contributed by atoms with Crippen LogP contribution in [0.25, 0.3) is 11.3 Å². The van der Waals surface area contributed by atoms with E-state index in [1.807, 2.05) is 24.5 Å². The zero-order chi connectivity index (χ0) is 24.8. The van der Waals surface area contributed by atoms with Crippen molar-refractivity contribution in [3.05, 3.63) is 42.4 Å². The fraction of sp³-hybridized carbons (Fsp3) is 0.556. The van der Waals surface area contributed by atoms with E-state index in [2.05, 4.69) is 33.9 Å². The molecule has 2 aromatic rings. The van der Waals surface area contributed by atoms with Crippen molar-refractivity contribution >= 4 is 12.0 Å².